The minimum atomic E-state index is -3.60. The first-order valence-corrected chi connectivity index (χ1v) is 6.52. The molecule has 14 heavy (non-hydrogen) atoms. The fourth-order valence-electron chi connectivity index (χ4n) is 0.992. The van der Waals surface area contributed by atoms with Gasteiger partial charge in [0.1, 0.15) is 0 Å². The fraction of sp³-hybridized carbons (Fsp3) is 0.111. The number of benzene rings is 1. The molecule has 76 valence electrons. The number of hydrogen-bond donors (Lipinski definition) is 0. The maximum atomic E-state index is 10.7. The van der Waals surface area contributed by atoms with E-state index in [-0.39, 0.29) is 0 Å². The SMILES string of the molecule is C/C(=C\S(=O)(=O)Cl)c1ccc(Cl)cc1. The molecule has 5 heteroatoms. The predicted molar refractivity (Wildman–Crippen MR) is 59.9 cm³/mol. The molecule has 1 aromatic carbocycles. The van der Waals surface area contributed by atoms with Gasteiger partial charge < -0.3 is 0 Å². The molecule has 0 saturated heterocycles. The number of halogens is 2. The van der Waals surface area contributed by atoms with Gasteiger partial charge in [-0.25, -0.2) is 8.42 Å². The smallest absolute Gasteiger partial charge is 0.208 e. The average Bonchev–Trinajstić information content (AvgIpc) is 2.02. The Morgan fingerprint density at radius 2 is 1.79 bits per heavy atom. The summed E-state index contributed by atoms with van der Waals surface area (Å²) < 4.78 is 21.5. The van der Waals surface area contributed by atoms with Gasteiger partial charge in [-0.05, 0) is 30.2 Å². The zero-order valence-electron chi connectivity index (χ0n) is 7.37. The first-order valence-electron chi connectivity index (χ1n) is 3.77. The van der Waals surface area contributed by atoms with Crippen LogP contribution in [0.25, 0.3) is 5.57 Å². The van der Waals surface area contributed by atoms with Crippen molar-refractivity contribution in [1.82, 2.24) is 0 Å². The van der Waals surface area contributed by atoms with Gasteiger partial charge >= 0.3 is 0 Å². The van der Waals surface area contributed by atoms with Gasteiger partial charge in [0, 0.05) is 21.1 Å². The van der Waals surface area contributed by atoms with Crippen LogP contribution < -0.4 is 0 Å². The van der Waals surface area contributed by atoms with Crippen LogP contribution in [0.15, 0.2) is 29.7 Å². The van der Waals surface area contributed by atoms with E-state index in [1.807, 2.05) is 0 Å². The van der Waals surface area contributed by atoms with E-state index >= 15 is 0 Å². The van der Waals surface area contributed by atoms with Gasteiger partial charge in [0.15, 0.2) is 0 Å². The summed E-state index contributed by atoms with van der Waals surface area (Å²) in [6, 6.07) is 6.84. The maximum Gasteiger partial charge on any atom is 0.254 e. The van der Waals surface area contributed by atoms with Crippen molar-refractivity contribution in [2.75, 3.05) is 0 Å². The van der Waals surface area contributed by atoms with Crippen LogP contribution in [-0.4, -0.2) is 8.42 Å². The van der Waals surface area contributed by atoms with Gasteiger partial charge in [-0.15, -0.1) is 0 Å². The van der Waals surface area contributed by atoms with Crippen molar-refractivity contribution in [2.45, 2.75) is 6.92 Å². The molecule has 0 bridgehead atoms. The van der Waals surface area contributed by atoms with E-state index in [0.29, 0.717) is 10.6 Å². The molecule has 2 nitrogen and oxygen atoms in total. The van der Waals surface area contributed by atoms with Crippen LogP contribution >= 0.6 is 22.3 Å². The van der Waals surface area contributed by atoms with Gasteiger partial charge in [0.05, 0.1) is 0 Å². The molecule has 0 heterocycles. The second kappa shape index (κ2) is 4.34. The zero-order valence-corrected chi connectivity index (χ0v) is 9.70. The number of allylic oxidation sites excluding steroid dienone is 1. The van der Waals surface area contributed by atoms with Gasteiger partial charge in [-0.3, -0.25) is 0 Å². The topological polar surface area (TPSA) is 34.1 Å². The largest absolute Gasteiger partial charge is 0.254 e. The van der Waals surface area contributed by atoms with E-state index in [1.165, 1.54) is 0 Å². The van der Waals surface area contributed by atoms with E-state index in [1.54, 1.807) is 31.2 Å². The molecular weight excluding hydrogens is 243 g/mol. The monoisotopic (exact) mass is 250 g/mol. The highest BCUT2D eigenvalue weighted by atomic mass is 35.7. The van der Waals surface area contributed by atoms with E-state index in [9.17, 15) is 8.42 Å². The maximum absolute atomic E-state index is 10.7. The van der Waals surface area contributed by atoms with Crippen molar-refractivity contribution in [3.63, 3.8) is 0 Å². The Balaban J connectivity index is 3.07. The van der Waals surface area contributed by atoms with Crippen LogP contribution in [0.2, 0.25) is 5.02 Å². The second-order valence-corrected chi connectivity index (χ2v) is 5.70. The molecule has 0 radical (unpaired) electrons. The van der Waals surface area contributed by atoms with E-state index in [2.05, 4.69) is 0 Å². The van der Waals surface area contributed by atoms with Crippen molar-refractivity contribution in [1.29, 1.82) is 0 Å². The van der Waals surface area contributed by atoms with E-state index < -0.39 is 9.05 Å². The molecule has 0 N–H and O–H groups in total. The van der Waals surface area contributed by atoms with Gasteiger partial charge in [-0.2, -0.15) is 0 Å². The number of rotatable bonds is 2. The standard InChI is InChI=1S/C9H8Cl2O2S/c1-7(6-14(11,12)13)8-2-4-9(10)5-3-8/h2-6H,1H3/b7-6+. The van der Waals surface area contributed by atoms with Crippen LogP contribution in [0, 0.1) is 0 Å². The molecule has 1 aromatic rings. The van der Waals surface area contributed by atoms with Crippen molar-refractivity contribution < 1.29 is 8.42 Å². The molecular formula is C9H8Cl2O2S. The molecule has 0 aliphatic heterocycles. The summed E-state index contributed by atoms with van der Waals surface area (Å²) in [6.07, 6.45) is 0. The Morgan fingerprint density at radius 3 is 2.21 bits per heavy atom. The summed E-state index contributed by atoms with van der Waals surface area (Å²) in [5.74, 6) is 0. The van der Waals surface area contributed by atoms with Gasteiger partial charge in [0.2, 0.25) is 0 Å². The summed E-state index contributed by atoms with van der Waals surface area (Å²) in [7, 11) is 1.47. The third kappa shape index (κ3) is 3.70. The van der Waals surface area contributed by atoms with Crippen LogP contribution in [0.4, 0.5) is 0 Å². The third-order valence-corrected chi connectivity index (χ3v) is 2.77. The van der Waals surface area contributed by atoms with Crippen molar-refractivity contribution in [3.8, 4) is 0 Å². The Kier molecular flexibility index (Phi) is 3.59. The molecule has 0 aromatic heterocycles. The number of hydrogen-bond acceptors (Lipinski definition) is 2. The fourth-order valence-corrected chi connectivity index (χ4v) is 2.08. The quantitative estimate of drug-likeness (QED) is 0.756. The molecule has 0 atom stereocenters. The normalized spacial score (nSPS) is 12.9. The summed E-state index contributed by atoms with van der Waals surface area (Å²) in [4.78, 5) is 0. The van der Waals surface area contributed by atoms with Gasteiger partial charge in [0.25, 0.3) is 9.05 Å². The minimum absolute atomic E-state index is 0.580. The van der Waals surface area contributed by atoms with E-state index in [4.69, 9.17) is 22.3 Å². The molecule has 0 aliphatic carbocycles. The predicted octanol–water partition coefficient (Wildman–Crippen LogP) is 3.27. The summed E-state index contributed by atoms with van der Waals surface area (Å²) in [5.41, 5.74) is 1.36. The lowest BCUT2D eigenvalue weighted by atomic mass is 10.1. The lowest BCUT2D eigenvalue weighted by molar-refractivity contribution is 0.617. The molecule has 0 amide bonds. The van der Waals surface area contributed by atoms with E-state index in [0.717, 1.165) is 11.0 Å². The lowest BCUT2D eigenvalue weighted by Crippen LogP contribution is -1.85. The third-order valence-electron chi connectivity index (χ3n) is 1.62. The highest BCUT2D eigenvalue weighted by Gasteiger charge is 2.02. The lowest BCUT2D eigenvalue weighted by Gasteiger charge is -1.99. The molecule has 0 aliphatic rings. The minimum Gasteiger partial charge on any atom is -0.208 e. The van der Waals surface area contributed by atoms with Crippen LogP contribution in [0.5, 0.6) is 0 Å². The van der Waals surface area contributed by atoms with Gasteiger partial charge in [-0.1, -0.05) is 23.7 Å². The highest BCUT2D eigenvalue weighted by Crippen LogP contribution is 2.18. The average molecular weight is 251 g/mol. The molecule has 0 unspecified atom stereocenters. The molecule has 0 fully saturated rings. The zero-order chi connectivity index (χ0) is 10.8. The van der Waals surface area contributed by atoms with Crippen LogP contribution in [0.3, 0.4) is 0 Å². The first kappa shape index (κ1) is 11.6. The molecule has 0 saturated carbocycles. The van der Waals surface area contributed by atoms with Crippen molar-refractivity contribution in [2.24, 2.45) is 0 Å². The Labute approximate surface area is 92.6 Å². The Bertz CT molecular complexity index is 446. The van der Waals surface area contributed by atoms with Crippen LogP contribution in [-0.2, 0) is 9.05 Å². The highest BCUT2D eigenvalue weighted by molar-refractivity contribution is 8.16. The molecule has 0 spiro atoms. The first-order chi connectivity index (χ1) is 6.38. The molecule has 1 rings (SSSR count). The Morgan fingerprint density at radius 1 is 1.29 bits per heavy atom. The second-order valence-electron chi connectivity index (χ2n) is 2.78. The van der Waals surface area contributed by atoms with Crippen LogP contribution in [0.1, 0.15) is 12.5 Å². The summed E-state index contributed by atoms with van der Waals surface area (Å²) in [6.45, 7) is 1.67. The van der Waals surface area contributed by atoms with Crippen molar-refractivity contribution in [3.05, 3.63) is 40.3 Å². The summed E-state index contributed by atoms with van der Waals surface area (Å²) >= 11 is 5.69. The Hall–Kier alpha value is -0.510. The van der Waals surface area contributed by atoms with Crippen molar-refractivity contribution >= 4 is 36.9 Å². The summed E-state index contributed by atoms with van der Waals surface area (Å²) in [5, 5.41) is 1.62.